The van der Waals surface area contributed by atoms with E-state index in [2.05, 4.69) is 15.9 Å². The molecule has 1 aromatic carbocycles. The normalized spacial score (nSPS) is 10.4. The lowest BCUT2D eigenvalue weighted by atomic mass is 10.2. The lowest BCUT2D eigenvalue weighted by molar-refractivity contribution is -0.113. The van der Waals surface area contributed by atoms with Crippen LogP contribution in [0.1, 0.15) is 5.56 Å². The van der Waals surface area contributed by atoms with Gasteiger partial charge in [0.2, 0.25) is 5.91 Å². The smallest absolute Gasteiger partial charge is 0.241 e. The van der Waals surface area contributed by atoms with Crippen molar-refractivity contribution in [1.82, 2.24) is 0 Å². The molecule has 1 rings (SSSR count). The van der Waals surface area contributed by atoms with Gasteiger partial charge in [-0.2, -0.15) is 0 Å². The molecule has 0 heterocycles. The van der Waals surface area contributed by atoms with Gasteiger partial charge in [0.1, 0.15) is 0 Å². The Morgan fingerprint density at radius 1 is 1.50 bits per heavy atom. The van der Waals surface area contributed by atoms with Crippen LogP contribution < -0.4 is 5.73 Å². The van der Waals surface area contributed by atoms with E-state index in [4.69, 9.17) is 5.73 Å². The largest absolute Gasteiger partial charge is 0.366 e. The van der Waals surface area contributed by atoms with Crippen LogP contribution in [0.4, 0.5) is 0 Å². The van der Waals surface area contributed by atoms with Crippen molar-refractivity contribution >= 4 is 27.9 Å². The molecule has 0 saturated carbocycles. The van der Waals surface area contributed by atoms with E-state index < -0.39 is 5.91 Å². The van der Waals surface area contributed by atoms with Gasteiger partial charge in [-0.1, -0.05) is 28.1 Å². The molecule has 0 aliphatic heterocycles. The molecule has 0 aliphatic rings. The maximum absolute atomic E-state index is 10.4. The minimum atomic E-state index is -0.435. The van der Waals surface area contributed by atoms with Crippen molar-refractivity contribution in [2.24, 2.45) is 5.73 Å². The van der Waals surface area contributed by atoms with Gasteiger partial charge >= 0.3 is 0 Å². The van der Waals surface area contributed by atoms with E-state index in [0.29, 0.717) is 0 Å². The fraction of sp³-hybridized carbons (Fsp3) is 0. The highest BCUT2D eigenvalue weighted by Crippen LogP contribution is 2.12. The third kappa shape index (κ3) is 2.88. The molecule has 12 heavy (non-hydrogen) atoms. The molecular weight excluding hydrogens is 218 g/mol. The van der Waals surface area contributed by atoms with E-state index in [0.717, 1.165) is 10.0 Å². The quantitative estimate of drug-likeness (QED) is 0.769. The fourth-order valence-corrected chi connectivity index (χ4v) is 1.21. The molecule has 0 aliphatic carbocycles. The molecule has 0 bridgehead atoms. The van der Waals surface area contributed by atoms with Crippen LogP contribution in [0.2, 0.25) is 0 Å². The number of hydrogen-bond donors (Lipinski definition) is 1. The number of hydrogen-bond acceptors (Lipinski definition) is 1. The highest BCUT2D eigenvalue weighted by molar-refractivity contribution is 9.10. The van der Waals surface area contributed by atoms with E-state index in [1.165, 1.54) is 6.08 Å². The Morgan fingerprint density at radius 2 is 2.25 bits per heavy atom. The van der Waals surface area contributed by atoms with Gasteiger partial charge in [-0.15, -0.1) is 0 Å². The fourth-order valence-electron chi connectivity index (χ4n) is 0.789. The van der Waals surface area contributed by atoms with Gasteiger partial charge < -0.3 is 5.73 Å². The van der Waals surface area contributed by atoms with E-state index in [1.807, 2.05) is 24.3 Å². The van der Waals surface area contributed by atoms with Crippen LogP contribution in [-0.2, 0) is 4.79 Å². The third-order valence-electron chi connectivity index (χ3n) is 1.29. The lowest BCUT2D eigenvalue weighted by Crippen LogP contribution is -2.04. The second kappa shape index (κ2) is 4.07. The zero-order chi connectivity index (χ0) is 8.97. The second-order valence-corrected chi connectivity index (χ2v) is 3.21. The van der Waals surface area contributed by atoms with Crippen molar-refractivity contribution in [3.05, 3.63) is 40.4 Å². The number of rotatable bonds is 2. The zero-order valence-corrected chi connectivity index (χ0v) is 7.91. The summed E-state index contributed by atoms with van der Waals surface area (Å²) in [4.78, 5) is 10.4. The molecule has 0 spiro atoms. The predicted octanol–water partition coefficient (Wildman–Crippen LogP) is 1.95. The van der Waals surface area contributed by atoms with Crippen molar-refractivity contribution in [3.63, 3.8) is 0 Å². The van der Waals surface area contributed by atoms with Crippen LogP contribution in [0.15, 0.2) is 34.8 Å². The molecule has 3 heteroatoms. The van der Waals surface area contributed by atoms with Crippen molar-refractivity contribution < 1.29 is 4.79 Å². The first-order valence-electron chi connectivity index (χ1n) is 3.41. The van der Waals surface area contributed by atoms with E-state index >= 15 is 0 Å². The Morgan fingerprint density at radius 3 is 2.83 bits per heavy atom. The first-order chi connectivity index (χ1) is 5.68. The van der Waals surface area contributed by atoms with E-state index in [9.17, 15) is 4.79 Å². The number of benzene rings is 1. The Bertz CT molecular complexity index is 320. The van der Waals surface area contributed by atoms with Crippen LogP contribution in [-0.4, -0.2) is 5.91 Å². The maximum Gasteiger partial charge on any atom is 0.241 e. The van der Waals surface area contributed by atoms with Crippen LogP contribution in [0.3, 0.4) is 0 Å². The molecule has 0 aromatic heterocycles. The van der Waals surface area contributed by atoms with Gasteiger partial charge in [0.05, 0.1) is 0 Å². The zero-order valence-electron chi connectivity index (χ0n) is 6.33. The number of nitrogens with two attached hydrogens (primary N) is 1. The van der Waals surface area contributed by atoms with Gasteiger partial charge in [-0.3, -0.25) is 4.79 Å². The van der Waals surface area contributed by atoms with Crippen LogP contribution in [0.25, 0.3) is 6.08 Å². The minimum Gasteiger partial charge on any atom is -0.366 e. The topological polar surface area (TPSA) is 43.1 Å². The number of primary amides is 1. The average Bonchev–Trinajstić information content (AvgIpc) is 2.01. The summed E-state index contributed by atoms with van der Waals surface area (Å²) in [5.74, 6) is -0.435. The average molecular weight is 226 g/mol. The Hall–Kier alpha value is -1.09. The lowest BCUT2D eigenvalue weighted by Gasteiger charge is -1.92. The van der Waals surface area contributed by atoms with Crippen LogP contribution >= 0.6 is 15.9 Å². The summed E-state index contributed by atoms with van der Waals surface area (Å²) in [5.41, 5.74) is 5.89. The predicted molar refractivity (Wildman–Crippen MR) is 52.4 cm³/mol. The van der Waals surface area contributed by atoms with Gasteiger partial charge in [0.25, 0.3) is 0 Å². The minimum absolute atomic E-state index is 0.435. The standard InChI is InChI=1S/C9H8BrNO/c10-8-3-1-2-7(6-8)4-5-9(11)12/h1-6H,(H2,11,12)/b5-4+. The van der Waals surface area contributed by atoms with Crippen molar-refractivity contribution in [1.29, 1.82) is 0 Å². The van der Waals surface area contributed by atoms with E-state index in [-0.39, 0.29) is 0 Å². The number of carbonyl (C=O) groups excluding carboxylic acids is 1. The highest BCUT2D eigenvalue weighted by Gasteiger charge is 1.88. The Balaban J connectivity index is 2.83. The summed E-state index contributed by atoms with van der Waals surface area (Å²) in [7, 11) is 0. The molecule has 1 aromatic rings. The first-order valence-corrected chi connectivity index (χ1v) is 4.21. The molecule has 2 N–H and O–H groups in total. The Labute approximate surface area is 79.2 Å². The molecule has 2 nitrogen and oxygen atoms in total. The summed E-state index contributed by atoms with van der Waals surface area (Å²) in [6.07, 6.45) is 3.01. The molecule has 0 radical (unpaired) electrons. The van der Waals surface area contributed by atoms with Crippen LogP contribution in [0.5, 0.6) is 0 Å². The van der Waals surface area contributed by atoms with Crippen molar-refractivity contribution in [2.75, 3.05) is 0 Å². The number of amides is 1. The molecule has 0 saturated heterocycles. The molecule has 0 atom stereocenters. The highest BCUT2D eigenvalue weighted by atomic mass is 79.9. The van der Waals surface area contributed by atoms with Gasteiger partial charge in [0, 0.05) is 10.5 Å². The monoisotopic (exact) mass is 225 g/mol. The summed E-state index contributed by atoms with van der Waals surface area (Å²) >= 11 is 3.32. The number of halogens is 1. The molecular formula is C9H8BrNO. The first kappa shape index (κ1) is 9.00. The summed E-state index contributed by atoms with van der Waals surface area (Å²) in [5, 5.41) is 0. The van der Waals surface area contributed by atoms with Crippen molar-refractivity contribution in [3.8, 4) is 0 Å². The SMILES string of the molecule is NC(=O)/C=C/c1cccc(Br)c1. The van der Waals surface area contributed by atoms with Gasteiger partial charge in [-0.25, -0.2) is 0 Å². The molecule has 0 fully saturated rings. The maximum atomic E-state index is 10.4. The summed E-state index contributed by atoms with van der Waals surface area (Å²) in [6, 6.07) is 7.61. The van der Waals surface area contributed by atoms with Gasteiger partial charge in [0.15, 0.2) is 0 Å². The summed E-state index contributed by atoms with van der Waals surface area (Å²) in [6.45, 7) is 0. The number of carbonyl (C=O) groups is 1. The summed E-state index contributed by atoms with van der Waals surface area (Å²) < 4.78 is 0.981. The Kier molecular flexibility index (Phi) is 3.05. The molecule has 62 valence electrons. The molecule has 0 unspecified atom stereocenters. The van der Waals surface area contributed by atoms with Crippen molar-refractivity contribution in [2.45, 2.75) is 0 Å². The second-order valence-electron chi connectivity index (χ2n) is 2.29. The van der Waals surface area contributed by atoms with E-state index in [1.54, 1.807) is 6.08 Å². The third-order valence-corrected chi connectivity index (χ3v) is 1.78. The van der Waals surface area contributed by atoms with Gasteiger partial charge in [-0.05, 0) is 23.8 Å². The van der Waals surface area contributed by atoms with Crippen LogP contribution in [0, 0.1) is 0 Å². The molecule has 1 amide bonds.